The third-order valence-electron chi connectivity index (χ3n) is 3.92. The van der Waals surface area contributed by atoms with E-state index in [0.717, 1.165) is 32.2 Å². The second-order valence-electron chi connectivity index (χ2n) is 6.36. The summed E-state index contributed by atoms with van der Waals surface area (Å²) in [6, 6.07) is 2.62. The van der Waals surface area contributed by atoms with Crippen LogP contribution in [0, 0.1) is 23.2 Å². The molecule has 4 heteroatoms. The van der Waals surface area contributed by atoms with Gasteiger partial charge in [-0.2, -0.15) is 5.26 Å². The maximum Gasteiger partial charge on any atom is 0.410 e. The van der Waals surface area contributed by atoms with E-state index in [2.05, 4.69) is 6.07 Å². The van der Waals surface area contributed by atoms with E-state index in [1.807, 2.05) is 25.7 Å². The van der Waals surface area contributed by atoms with Crippen LogP contribution in [-0.4, -0.2) is 29.2 Å². The van der Waals surface area contributed by atoms with Crippen molar-refractivity contribution in [2.75, 3.05) is 6.54 Å². The van der Waals surface area contributed by atoms with E-state index >= 15 is 0 Å². The molecule has 0 aromatic heterocycles. The molecule has 1 aliphatic carbocycles. The number of likely N-dealkylation sites (tertiary alicyclic amines) is 1. The van der Waals surface area contributed by atoms with Crippen molar-refractivity contribution in [2.24, 2.45) is 11.8 Å². The number of hydrogen-bond donors (Lipinski definition) is 0. The fourth-order valence-electron chi connectivity index (χ4n) is 3.19. The van der Waals surface area contributed by atoms with Gasteiger partial charge in [-0.3, -0.25) is 0 Å². The van der Waals surface area contributed by atoms with Gasteiger partial charge >= 0.3 is 6.09 Å². The SMILES string of the molecule is CC(C)(C)OC(=O)N1CC[C@@H]2[C@H](C#N)CCC[C@@H]21. The molecular weight excluding hydrogens is 228 g/mol. The van der Waals surface area contributed by atoms with Crippen molar-refractivity contribution in [2.45, 2.75) is 58.1 Å². The van der Waals surface area contributed by atoms with Gasteiger partial charge in [0.05, 0.1) is 12.0 Å². The molecule has 0 N–H and O–H groups in total. The van der Waals surface area contributed by atoms with Crippen LogP contribution in [0.5, 0.6) is 0 Å². The van der Waals surface area contributed by atoms with Crippen LogP contribution in [0.1, 0.15) is 46.5 Å². The summed E-state index contributed by atoms with van der Waals surface area (Å²) in [7, 11) is 0. The highest BCUT2D eigenvalue weighted by Crippen LogP contribution is 2.40. The molecule has 18 heavy (non-hydrogen) atoms. The van der Waals surface area contributed by atoms with Crippen LogP contribution in [0.3, 0.4) is 0 Å². The summed E-state index contributed by atoms with van der Waals surface area (Å²) in [6.45, 7) is 6.40. The van der Waals surface area contributed by atoms with Gasteiger partial charge in [-0.25, -0.2) is 4.79 Å². The topological polar surface area (TPSA) is 53.3 Å². The predicted octanol–water partition coefficient (Wildman–Crippen LogP) is 2.94. The Balaban J connectivity index is 2.04. The zero-order chi connectivity index (χ0) is 13.3. The molecule has 1 aliphatic heterocycles. The number of carbonyl (C=O) groups excluding carboxylic acids is 1. The van der Waals surface area contributed by atoms with E-state index in [1.54, 1.807) is 0 Å². The number of ether oxygens (including phenoxy) is 1. The first kappa shape index (κ1) is 13.2. The minimum atomic E-state index is -0.446. The van der Waals surface area contributed by atoms with E-state index < -0.39 is 5.60 Å². The van der Waals surface area contributed by atoms with Crippen LogP contribution in [-0.2, 0) is 4.74 Å². The van der Waals surface area contributed by atoms with E-state index in [1.165, 1.54) is 0 Å². The van der Waals surface area contributed by atoms with Gasteiger partial charge in [0.1, 0.15) is 5.60 Å². The zero-order valence-corrected chi connectivity index (χ0v) is 11.5. The number of hydrogen-bond acceptors (Lipinski definition) is 3. The number of nitrogens with zero attached hydrogens (tertiary/aromatic N) is 2. The lowest BCUT2D eigenvalue weighted by Crippen LogP contribution is -2.43. The van der Waals surface area contributed by atoms with Gasteiger partial charge in [-0.05, 0) is 46.0 Å². The predicted molar refractivity (Wildman–Crippen MR) is 67.8 cm³/mol. The van der Waals surface area contributed by atoms with Gasteiger partial charge in [0.2, 0.25) is 0 Å². The van der Waals surface area contributed by atoms with Gasteiger partial charge in [-0.1, -0.05) is 6.42 Å². The van der Waals surface area contributed by atoms with Gasteiger partial charge in [0.15, 0.2) is 0 Å². The second-order valence-corrected chi connectivity index (χ2v) is 6.36. The molecule has 0 spiro atoms. The molecular formula is C14H22N2O2. The number of carbonyl (C=O) groups is 1. The Labute approximate surface area is 109 Å². The number of amides is 1. The molecule has 2 aliphatic rings. The number of rotatable bonds is 0. The van der Waals surface area contributed by atoms with Crippen molar-refractivity contribution in [1.82, 2.24) is 4.90 Å². The fourth-order valence-corrected chi connectivity index (χ4v) is 3.19. The maximum atomic E-state index is 12.1. The summed E-state index contributed by atoms with van der Waals surface area (Å²) in [6.07, 6.45) is 3.77. The first-order valence-corrected chi connectivity index (χ1v) is 6.81. The normalized spacial score (nSPS) is 31.7. The third-order valence-corrected chi connectivity index (χ3v) is 3.92. The van der Waals surface area contributed by atoms with Crippen molar-refractivity contribution in [3.63, 3.8) is 0 Å². The molecule has 1 amide bonds. The molecule has 0 unspecified atom stereocenters. The molecule has 0 aromatic rings. The quantitative estimate of drug-likeness (QED) is 0.664. The monoisotopic (exact) mass is 250 g/mol. The van der Waals surface area contributed by atoms with Crippen LogP contribution in [0.4, 0.5) is 4.79 Å². The lowest BCUT2D eigenvalue weighted by atomic mass is 9.77. The summed E-state index contributed by atoms with van der Waals surface area (Å²) in [5, 5.41) is 9.16. The summed E-state index contributed by atoms with van der Waals surface area (Å²) in [5.41, 5.74) is -0.446. The number of fused-ring (bicyclic) bond motifs is 1. The Bertz CT molecular complexity index is 367. The Kier molecular flexibility index (Phi) is 3.52. The van der Waals surface area contributed by atoms with Crippen LogP contribution in [0.2, 0.25) is 0 Å². The highest BCUT2D eigenvalue weighted by molar-refractivity contribution is 5.69. The van der Waals surface area contributed by atoms with E-state index in [4.69, 9.17) is 10.00 Å². The molecule has 3 atom stereocenters. The number of nitriles is 1. The highest BCUT2D eigenvalue weighted by atomic mass is 16.6. The van der Waals surface area contributed by atoms with Crippen molar-refractivity contribution < 1.29 is 9.53 Å². The summed E-state index contributed by atoms with van der Waals surface area (Å²) < 4.78 is 5.44. The van der Waals surface area contributed by atoms with Gasteiger partial charge in [-0.15, -0.1) is 0 Å². The molecule has 4 nitrogen and oxygen atoms in total. The molecule has 0 radical (unpaired) electrons. The largest absolute Gasteiger partial charge is 0.444 e. The summed E-state index contributed by atoms with van der Waals surface area (Å²) in [4.78, 5) is 14.0. The zero-order valence-electron chi connectivity index (χ0n) is 11.5. The van der Waals surface area contributed by atoms with Crippen LogP contribution >= 0.6 is 0 Å². The molecule has 1 heterocycles. The first-order chi connectivity index (χ1) is 8.42. The van der Waals surface area contributed by atoms with Crippen molar-refractivity contribution in [3.8, 4) is 6.07 Å². The standard InChI is InChI=1S/C14H22N2O2/c1-14(2,3)18-13(17)16-8-7-11-10(9-15)5-4-6-12(11)16/h10-12H,4-8H2,1-3H3/t10-,11+,12-/m0/s1. The van der Waals surface area contributed by atoms with Crippen molar-refractivity contribution >= 4 is 6.09 Å². The van der Waals surface area contributed by atoms with E-state index in [0.29, 0.717) is 5.92 Å². The summed E-state index contributed by atoms with van der Waals surface area (Å²) in [5.74, 6) is 0.479. The maximum absolute atomic E-state index is 12.1. The third kappa shape index (κ3) is 2.60. The highest BCUT2D eigenvalue weighted by Gasteiger charge is 2.44. The molecule has 100 valence electrons. The van der Waals surface area contributed by atoms with E-state index in [-0.39, 0.29) is 18.1 Å². The van der Waals surface area contributed by atoms with E-state index in [9.17, 15) is 4.79 Å². The van der Waals surface area contributed by atoms with Crippen LogP contribution in [0.25, 0.3) is 0 Å². The Morgan fingerprint density at radius 3 is 2.67 bits per heavy atom. The minimum Gasteiger partial charge on any atom is -0.444 e. The Morgan fingerprint density at radius 2 is 2.06 bits per heavy atom. The molecule has 0 aromatic carbocycles. The second kappa shape index (κ2) is 4.79. The van der Waals surface area contributed by atoms with Crippen LogP contribution in [0.15, 0.2) is 0 Å². The molecule has 1 saturated carbocycles. The van der Waals surface area contributed by atoms with Crippen molar-refractivity contribution in [1.29, 1.82) is 5.26 Å². The Morgan fingerprint density at radius 1 is 1.33 bits per heavy atom. The average molecular weight is 250 g/mol. The Hall–Kier alpha value is -1.24. The fraction of sp³-hybridized carbons (Fsp3) is 0.857. The molecule has 2 fully saturated rings. The average Bonchev–Trinajstić information content (AvgIpc) is 2.69. The van der Waals surface area contributed by atoms with Crippen molar-refractivity contribution in [3.05, 3.63) is 0 Å². The smallest absolute Gasteiger partial charge is 0.410 e. The minimum absolute atomic E-state index is 0.121. The van der Waals surface area contributed by atoms with Gasteiger partial charge in [0.25, 0.3) is 0 Å². The van der Waals surface area contributed by atoms with Crippen LogP contribution < -0.4 is 0 Å². The van der Waals surface area contributed by atoms with Gasteiger partial charge in [0, 0.05) is 12.6 Å². The lowest BCUT2D eigenvalue weighted by Gasteiger charge is -2.35. The van der Waals surface area contributed by atoms with Gasteiger partial charge < -0.3 is 9.64 Å². The lowest BCUT2D eigenvalue weighted by molar-refractivity contribution is 0.0168. The first-order valence-electron chi connectivity index (χ1n) is 6.81. The summed E-state index contributed by atoms with van der Waals surface area (Å²) >= 11 is 0. The molecule has 1 saturated heterocycles. The molecule has 2 rings (SSSR count). The molecule has 0 bridgehead atoms.